The fraction of sp³-hybridized carbons (Fsp3) is 0.615. The molecule has 1 heterocycles. The van der Waals surface area contributed by atoms with Crippen molar-refractivity contribution < 1.29 is 4.79 Å². The number of Topliss-reactive ketones (excluding diaryl/α,β-unsaturated/α-hetero) is 1. The number of nitrogens with zero attached hydrogens (tertiary/aromatic N) is 1. The van der Waals surface area contributed by atoms with Gasteiger partial charge in [-0.15, -0.1) is 0 Å². The zero-order valence-electron chi connectivity index (χ0n) is 9.83. The van der Waals surface area contributed by atoms with Crippen molar-refractivity contribution in [2.45, 2.75) is 52.5 Å². The van der Waals surface area contributed by atoms with Gasteiger partial charge in [0.25, 0.3) is 0 Å². The van der Waals surface area contributed by atoms with Crippen molar-refractivity contribution in [3.63, 3.8) is 0 Å². The second-order valence-corrected chi connectivity index (χ2v) is 3.98. The number of ketones is 1. The number of rotatable bonds is 7. The summed E-state index contributed by atoms with van der Waals surface area (Å²) in [6.07, 6.45) is 9.65. The van der Waals surface area contributed by atoms with Crippen molar-refractivity contribution in [1.29, 1.82) is 0 Å². The Hall–Kier alpha value is -1.05. The number of unbranched alkanes of at least 4 members (excludes halogenated alkanes) is 3. The van der Waals surface area contributed by atoms with E-state index in [9.17, 15) is 4.79 Å². The summed E-state index contributed by atoms with van der Waals surface area (Å²) < 4.78 is 2.12. The lowest BCUT2D eigenvalue weighted by Gasteiger charge is -2.01. The molecule has 0 aliphatic rings. The van der Waals surface area contributed by atoms with Crippen LogP contribution in [0.25, 0.3) is 0 Å². The molecule has 0 amide bonds. The SMILES string of the molecule is CCCCCCn1ccc(C(=O)CC)c1. The minimum Gasteiger partial charge on any atom is -0.354 e. The quantitative estimate of drug-likeness (QED) is 0.494. The molecule has 0 aliphatic heterocycles. The summed E-state index contributed by atoms with van der Waals surface area (Å²) >= 11 is 0. The molecule has 2 heteroatoms. The number of carbonyl (C=O) groups excluding carboxylic acids is 1. The summed E-state index contributed by atoms with van der Waals surface area (Å²) in [5.74, 6) is 0.238. The first-order chi connectivity index (χ1) is 7.27. The van der Waals surface area contributed by atoms with Gasteiger partial charge >= 0.3 is 0 Å². The van der Waals surface area contributed by atoms with Gasteiger partial charge in [0.05, 0.1) is 0 Å². The van der Waals surface area contributed by atoms with Gasteiger partial charge in [-0.2, -0.15) is 0 Å². The van der Waals surface area contributed by atoms with Crippen molar-refractivity contribution in [3.05, 3.63) is 24.0 Å². The standard InChI is InChI=1S/C13H21NO/c1-3-5-6-7-9-14-10-8-12(11-14)13(15)4-2/h8,10-11H,3-7,9H2,1-2H3. The first-order valence-corrected chi connectivity index (χ1v) is 5.97. The highest BCUT2D eigenvalue weighted by Gasteiger charge is 2.03. The summed E-state index contributed by atoms with van der Waals surface area (Å²) in [6, 6.07) is 1.92. The molecule has 2 nitrogen and oxygen atoms in total. The number of aryl methyl sites for hydroxylation is 1. The third kappa shape index (κ3) is 3.90. The van der Waals surface area contributed by atoms with Crippen LogP contribution in [-0.2, 0) is 6.54 Å². The van der Waals surface area contributed by atoms with Gasteiger partial charge in [-0.25, -0.2) is 0 Å². The predicted molar refractivity (Wildman–Crippen MR) is 63.2 cm³/mol. The molecule has 0 bridgehead atoms. The van der Waals surface area contributed by atoms with Crippen molar-refractivity contribution >= 4 is 5.78 Å². The van der Waals surface area contributed by atoms with E-state index in [4.69, 9.17) is 0 Å². The molecule has 0 N–H and O–H groups in total. The Bertz CT molecular complexity index is 301. The Morgan fingerprint density at radius 1 is 1.27 bits per heavy atom. The lowest BCUT2D eigenvalue weighted by Crippen LogP contribution is -1.96. The average Bonchev–Trinajstić information content (AvgIpc) is 2.72. The predicted octanol–water partition coefficient (Wildman–Crippen LogP) is 3.66. The zero-order valence-corrected chi connectivity index (χ0v) is 9.83. The second-order valence-electron chi connectivity index (χ2n) is 3.98. The minimum atomic E-state index is 0.238. The monoisotopic (exact) mass is 207 g/mol. The van der Waals surface area contributed by atoms with E-state index in [2.05, 4.69) is 11.5 Å². The topological polar surface area (TPSA) is 22.0 Å². The van der Waals surface area contributed by atoms with Gasteiger partial charge in [-0.05, 0) is 12.5 Å². The molecule has 0 atom stereocenters. The highest BCUT2D eigenvalue weighted by molar-refractivity contribution is 5.95. The molecule has 0 aliphatic carbocycles. The van der Waals surface area contributed by atoms with Gasteiger partial charge in [0.1, 0.15) is 0 Å². The lowest BCUT2D eigenvalue weighted by atomic mass is 10.2. The molecule has 0 spiro atoms. The Balaban J connectivity index is 2.36. The van der Waals surface area contributed by atoms with Crippen LogP contribution >= 0.6 is 0 Å². The summed E-state index contributed by atoms with van der Waals surface area (Å²) in [7, 11) is 0. The molecule has 0 radical (unpaired) electrons. The van der Waals surface area contributed by atoms with Crippen LogP contribution < -0.4 is 0 Å². The van der Waals surface area contributed by atoms with E-state index >= 15 is 0 Å². The molecule has 0 fully saturated rings. The number of hydrogen-bond donors (Lipinski definition) is 0. The molecular weight excluding hydrogens is 186 g/mol. The van der Waals surface area contributed by atoms with Crippen molar-refractivity contribution in [3.8, 4) is 0 Å². The van der Waals surface area contributed by atoms with Crippen LogP contribution in [0.3, 0.4) is 0 Å². The zero-order chi connectivity index (χ0) is 11.1. The molecule has 0 saturated heterocycles. The third-order valence-electron chi connectivity index (χ3n) is 2.66. The summed E-state index contributed by atoms with van der Waals surface area (Å²) in [4.78, 5) is 11.4. The van der Waals surface area contributed by atoms with E-state index in [1.807, 2.05) is 25.4 Å². The van der Waals surface area contributed by atoms with Crippen LogP contribution in [0.4, 0.5) is 0 Å². The molecule has 0 aromatic carbocycles. The van der Waals surface area contributed by atoms with Crippen molar-refractivity contribution in [2.75, 3.05) is 0 Å². The summed E-state index contributed by atoms with van der Waals surface area (Å²) in [5, 5.41) is 0. The molecule has 15 heavy (non-hydrogen) atoms. The average molecular weight is 207 g/mol. The van der Waals surface area contributed by atoms with Crippen LogP contribution in [0.2, 0.25) is 0 Å². The highest BCUT2D eigenvalue weighted by Crippen LogP contribution is 2.07. The number of aromatic nitrogens is 1. The van der Waals surface area contributed by atoms with Gasteiger partial charge < -0.3 is 4.57 Å². The lowest BCUT2D eigenvalue weighted by molar-refractivity contribution is 0.0988. The second kappa shape index (κ2) is 6.44. The highest BCUT2D eigenvalue weighted by atomic mass is 16.1. The Labute approximate surface area is 92.3 Å². The maximum atomic E-state index is 11.4. The summed E-state index contributed by atoms with van der Waals surface area (Å²) in [5.41, 5.74) is 0.855. The van der Waals surface area contributed by atoms with E-state index in [1.165, 1.54) is 25.7 Å². The van der Waals surface area contributed by atoms with Crippen LogP contribution in [-0.4, -0.2) is 10.4 Å². The molecule has 84 valence electrons. The first kappa shape index (κ1) is 12.0. The van der Waals surface area contributed by atoms with E-state index in [0.717, 1.165) is 12.1 Å². The molecular formula is C13H21NO. The Morgan fingerprint density at radius 3 is 2.73 bits per heavy atom. The fourth-order valence-corrected chi connectivity index (χ4v) is 1.67. The van der Waals surface area contributed by atoms with Gasteiger partial charge in [0, 0.05) is 30.9 Å². The van der Waals surface area contributed by atoms with Gasteiger partial charge in [-0.1, -0.05) is 33.1 Å². The van der Waals surface area contributed by atoms with E-state index in [1.54, 1.807) is 0 Å². The molecule has 0 unspecified atom stereocenters. The van der Waals surface area contributed by atoms with E-state index < -0.39 is 0 Å². The smallest absolute Gasteiger partial charge is 0.164 e. The largest absolute Gasteiger partial charge is 0.354 e. The molecule has 0 saturated carbocycles. The number of carbonyl (C=O) groups is 1. The molecule has 1 aromatic heterocycles. The number of hydrogen-bond acceptors (Lipinski definition) is 1. The summed E-state index contributed by atoms with van der Waals surface area (Å²) in [6.45, 7) is 5.16. The fourth-order valence-electron chi connectivity index (χ4n) is 1.67. The van der Waals surface area contributed by atoms with Crippen molar-refractivity contribution in [1.82, 2.24) is 4.57 Å². The Kier molecular flexibility index (Phi) is 5.16. The molecule has 1 rings (SSSR count). The molecule has 1 aromatic rings. The maximum absolute atomic E-state index is 11.4. The third-order valence-corrected chi connectivity index (χ3v) is 2.66. The van der Waals surface area contributed by atoms with Crippen LogP contribution in [0.15, 0.2) is 18.5 Å². The normalized spacial score (nSPS) is 10.5. The van der Waals surface area contributed by atoms with Gasteiger partial charge in [0.15, 0.2) is 5.78 Å². The Morgan fingerprint density at radius 2 is 2.07 bits per heavy atom. The van der Waals surface area contributed by atoms with E-state index in [-0.39, 0.29) is 5.78 Å². The van der Waals surface area contributed by atoms with Crippen LogP contribution in [0.5, 0.6) is 0 Å². The maximum Gasteiger partial charge on any atom is 0.164 e. The first-order valence-electron chi connectivity index (χ1n) is 5.97. The van der Waals surface area contributed by atoms with Crippen LogP contribution in [0, 0.1) is 0 Å². The minimum absolute atomic E-state index is 0.238. The van der Waals surface area contributed by atoms with E-state index in [0.29, 0.717) is 6.42 Å². The van der Waals surface area contributed by atoms with Crippen LogP contribution in [0.1, 0.15) is 56.3 Å². The van der Waals surface area contributed by atoms with Gasteiger partial charge in [0.2, 0.25) is 0 Å². The van der Waals surface area contributed by atoms with Crippen molar-refractivity contribution in [2.24, 2.45) is 0 Å². The van der Waals surface area contributed by atoms with Gasteiger partial charge in [-0.3, -0.25) is 4.79 Å².